The van der Waals surface area contributed by atoms with Gasteiger partial charge in [-0.25, -0.2) is 0 Å². The molecule has 1 rings (SSSR count). The smallest absolute Gasteiger partial charge is 0.344 e. The van der Waals surface area contributed by atoms with E-state index in [0.717, 1.165) is 12.3 Å². The van der Waals surface area contributed by atoms with Crippen LogP contribution in [0.5, 0.6) is 0 Å². The molecule has 0 fully saturated rings. The van der Waals surface area contributed by atoms with Gasteiger partial charge in [-0.15, -0.1) is 0 Å². The van der Waals surface area contributed by atoms with Gasteiger partial charge in [0.2, 0.25) is 0 Å². The Labute approximate surface area is 107 Å². The van der Waals surface area contributed by atoms with Crippen LogP contribution in [0.15, 0.2) is 24.4 Å². The third-order valence-corrected chi connectivity index (χ3v) is 2.18. The van der Waals surface area contributed by atoms with Crippen LogP contribution in [0.3, 0.4) is 0 Å². The van der Waals surface area contributed by atoms with Crippen molar-refractivity contribution in [2.24, 2.45) is 0 Å². The molecule has 1 amide bonds. The van der Waals surface area contributed by atoms with Crippen molar-refractivity contribution in [3.05, 3.63) is 30.1 Å². The van der Waals surface area contributed by atoms with Gasteiger partial charge < -0.3 is 5.32 Å². The van der Waals surface area contributed by atoms with Crippen molar-refractivity contribution in [3.8, 4) is 0 Å². The maximum Gasteiger partial charge on any atom is 0.459 e. The van der Waals surface area contributed by atoms with Crippen LogP contribution in [0.4, 0.5) is 30.7 Å². The normalized spacial score (nSPS) is 13.2. The lowest BCUT2D eigenvalue weighted by molar-refractivity contribution is -0.352. The molecule has 1 heterocycles. The zero-order chi connectivity index (χ0) is 15.6. The number of hydrogen-bond donors (Lipinski definition) is 1. The maximum absolute atomic E-state index is 12.9. The van der Waals surface area contributed by atoms with Gasteiger partial charge >= 0.3 is 18.0 Å². The lowest BCUT2D eigenvalue weighted by Crippen LogP contribution is -2.56. The first-order valence-corrected chi connectivity index (χ1v) is 5.00. The van der Waals surface area contributed by atoms with Crippen molar-refractivity contribution in [2.45, 2.75) is 18.0 Å². The molecule has 1 aromatic heterocycles. The number of halogens is 7. The summed E-state index contributed by atoms with van der Waals surface area (Å²) in [7, 11) is 0. The molecule has 0 aliphatic rings. The fourth-order valence-electron chi connectivity index (χ4n) is 1.10. The summed E-state index contributed by atoms with van der Waals surface area (Å²) >= 11 is 0. The molecule has 0 aliphatic heterocycles. The number of nitrogens with zero attached hydrogens (tertiary/aromatic N) is 1. The first-order chi connectivity index (χ1) is 8.99. The Balaban J connectivity index is 2.76. The van der Waals surface area contributed by atoms with Gasteiger partial charge in [0.05, 0.1) is 6.54 Å². The molecule has 0 saturated carbocycles. The summed E-state index contributed by atoms with van der Waals surface area (Å²) in [5, 5.41) is 1.29. The number of nitrogens with one attached hydrogen (secondary N) is 1. The van der Waals surface area contributed by atoms with Crippen molar-refractivity contribution < 1.29 is 35.5 Å². The summed E-state index contributed by atoms with van der Waals surface area (Å²) < 4.78 is 86.2. The van der Waals surface area contributed by atoms with E-state index < -0.39 is 36.2 Å². The largest absolute Gasteiger partial charge is 0.459 e. The second-order valence-electron chi connectivity index (χ2n) is 3.67. The van der Waals surface area contributed by atoms with Crippen LogP contribution in [-0.2, 0) is 0 Å². The second-order valence-corrected chi connectivity index (χ2v) is 3.67. The Hall–Kier alpha value is -1.87. The van der Waals surface area contributed by atoms with Gasteiger partial charge in [0.1, 0.15) is 5.69 Å². The average Bonchev–Trinajstić information content (AvgIpc) is 2.35. The molecule has 0 spiro atoms. The number of alkyl halides is 7. The van der Waals surface area contributed by atoms with Gasteiger partial charge in [0, 0.05) is 6.20 Å². The number of amides is 1. The summed E-state index contributed by atoms with van der Waals surface area (Å²) in [5.41, 5.74) is -0.390. The number of carbonyl (C=O) groups excluding carboxylic acids is 1. The second kappa shape index (κ2) is 5.25. The summed E-state index contributed by atoms with van der Waals surface area (Å²) in [6.07, 6.45) is -5.30. The van der Waals surface area contributed by atoms with E-state index in [0.29, 0.717) is 0 Å². The Morgan fingerprint density at radius 3 is 2.15 bits per heavy atom. The SMILES string of the molecule is O=C(NCC(F)(F)C(F)(F)C(F)(F)F)c1ccccn1. The Morgan fingerprint density at radius 2 is 1.70 bits per heavy atom. The monoisotopic (exact) mass is 304 g/mol. The fraction of sp³-hybridized carbons (Fsp3) is 0.400. The van der Waals surface area contributed by atoms with E-state index in [-0.39, 0.29) is 0 Å². The third-order valence-electron chi connectivity index (χ3n) is 2.18. The van der Waals surface area contributed by atoms with Crippen molar-refractivity contribution in [3.63, 3.8) is 0 Å². The summed E-state index contributed by atoms with van der Waals surface area (Å²) in [4.78, 5) is 14.7. The molecular weight excluding hydrogens is 297 g/mol. The molecule has 1 N–H and O–H groups in total. The molecule has 0 aromatic carbocycles. The molecule has 0 atom stereocenters. The molecule has 10 heteroatoms. The van der Waals surface area contributed by atoms with E-state index >= 15 is 0 Å². The molecule has 0 saturated heterocycles. The topological polar surface area (TPSA) is 42.0 Å². The van der Waals surface area contributed by atoms with Gasteiger partial charge in [0.25, 0.3) is 5.91 Å². The van der Waals surface area contributed by atoms with Gasteiger partial charge in [-0.3, -0.25) is 9.78 Å². The fourth-order valence-corrected chi connectivity index (χ4v) is 1.10. The van der Waals surface area contributed by atoms with Crippen molar-refractivity contribution in [1.29, 1.82) is 0 Å². The van der Waals surface area contributed by atoms with E-state index in [1.54, 1.807) is 0 Å². The lowest BCUT2D eigenvalue weighted by Gasteiger charge is -2.28. The van der Waals surface area contributed by atoms with E-state index in [2.05, 4.69) is 4.98 Å². The minimum atomic E-state index is -6.42. The number of hydrogen-bond acceptors (Lipinski definition) is 2. The molecule has 0 unspecified atom stereocenters. The maximum atomic E-state index is 12.9. The number of carbonyl (C=O) groups is 1. The number of rotatable bonds is 4. The quantitative estimate of drug-likeness (QED) is 0.869. The molecule has 0 radical (unpaired) electrons. The average molecular weight is 304 g/mol. The first kappa shape index (κ1) is 16.2. The molecule has 3 nitrogen and oxygen atoms in total. The third kappa shape index (κ3) is 3.17. The molecular formula is C10H7F7N2O. The van der Waals surface area contributed by atoms with Crippen LogP contribution in [0.2, 0.25) is 0 Å². The van der Waals surface area contributed by atoms with Gasteiger partial charge in [-0.2, -0.15) is 30.7 Å². The minimum absolute atomic E-state index is 0.390. The highest BCUT2D eigenvalue weighted by Gasteiger charge is 2.72. The highest BCUT2D eigenvalue weighted by molar-refractivity contribution is 5.92. The van der Waals surface area contributed by atoms with Crippen LogP contribution in [0, 0.1) is 0 Å². The van der Waals surface area contributed by atoms with Crippen molar-refractivity contribution in [1.82, 2.24) is 10.3 Å². The Morgan fingerprint density at radius 1 is 1.10 bits per heavy atom. The minimum Gasteiger partial charge on any atom is -0.344 e. The zero-order valence-electron chi connectivity index (χ0n) is 9.52. The highest BCUT2D eigenvalue weighted by Crippen LogP contribution is 2.46. The van der Waals surface area contributed by atoms with E-state index in [1.807, 2.05) is 0 Å². The van der Waals surface area contributed by atoms with Crippen LogP contribution >= 0.6 is 0 Å². The summed E-state index contributed by atoms with van der Waals surface area (Å²) in [5.74, 6) is -13.0. The number of aromatic nitrogens is 1. The van der Waals surface area contributed by atoms with Gasteiger partial charge in [0.15, 0.2) is 0 Å². The van der Waals surface area contributed by atoms with Gasteiger partial charge in [-0.1, -0.05) is 6.07 Å². The van der Waals surface area contributed by atoms with E-state index in [4.69, 9.17) is 0 Å². The Bertz CT molecular complexity index is 472. The molecule has 20 heavy (non-hydrogen) atoms. The first-order valence-electron chi connectivity index (χ1n) is 5.00. The molecule has 112 valence electrons. The molecule has 0 aliphatic carbocycles. The highest BCUT2D eigenvalue weighted by atomic mass is 19.4. The van der Waals surface area contributed by atoms with Crippen molar-refractivity contribution >= 4 is 5.91 Å². The zero-order valence-corrected chi connectivity index (χ0v) is 9.52. The molecule has 0 bridgehead atoms. The summed E-state index contributed by atoms with van der Waals surface area (Å²) in [6.45, 7) is -2.17. The standard InChI is InChI=1S/C10H7F7N2O/c11-8(12,9(13,14)10(15,16)17)5-19-7(20)6-3-1-2-4-18-6/h1-4H,5H2,(H,19,20). The van der Waals surface area contributed by atoms with Crippen LogP contribution < -0.4 is 5.32 Å². The van der Waals surface area contributed by atoms with E-state index in [1.165, 1.54) is 17.4 Å². The van der Waals surface area contributed by atoms with Gasteiger partial charge in [-0.05, 0) is 12.1 Å². The Kier molecular flexibility index (Phi) is 4.25. The van der Waals surface area contributed by atoms with Crippen LogP contribution in [0.1, 0.15) is 10.5 Å². The van der Waals surface area contributed by atoms with Crippen LogP contribution in [-0.4, -0.2) is 35.5 Å². The van der Waals surface area contributed by atoms with Crippen molar-refractivity contribution in [2.75, 3.05) is 6.54 Å². The molecule has 1 aromatic rings. The predicted octanol–water partition coefficient (Wildman–Crippen LogP) is 2.64. The lowest BCUT2D eigenvalue weighted by atomic mass is 10.1. The predicted molar refractivity (Wildman–Crippen MR) is 52.5 cm³/mol. The van der Waals surface area contributed by atoms with E-state index in [9.17, 15) is 35.5 Å². The summed E-state index contributed by atoms with van der Waals surface area (Å²) in [6, 6.07) is 3.78. The number of pyridine rings is 1. The van der Waals surface area contributed by atoms with Crippen LogP contribution in [0.25, 0.3) is 0 Å².